The molecule has 98 valence electrons. The van der Waals surface area contributed by atoms with Gasteiger partial charge >= 0.3 is 0 Å². The number of rotatable bonds is 5. The van der Waals surface area contributed by atoms with Crippen LogP contribution < -0.4 is 10.6 Å². The molecule has 2 amide bonds. The minimum Gasteiger partial charge on any atom is -0.392 e. The highest BCUT2D eigenvalue weighted by Crippen LogP contribution is 2.12. The van der Waals surface area contributed by atoms with Gasteiger partial charge in [0.05, 0.1) is 6.61 Å². The van der Waals surface area contributed by atoms with Crippen molar-refractivity contribution in [1.29, 1.82) is 0 Å². The molecule has 0 aromatic heterocycles. The van der Waals surface area contributed by atoms with E-state index < -0.39 is 0 Å². The Balaban J connectivity index is 2.55. The number of aliphatic hydroxyl groups is 1. The molecule has 3 N–H and O–H groups in total. The molecule has 5 heteroatoms. The van der Waals surface area contributed by atoms with Crippen molar-refractivity contribution in [2.24, 2.45) is 5.92 Å². The number of hydrogen-bond acceptors (Lipinski definition) is 3. The van der Waals surface area contributed by atoms with E-state index in [1.807, 2.05) is 0 Å². The number of aliphatic hydroxyl groups excluding tert-OH is 1. The molecule has 0 spiro atoms. The highest BCUT2D eigenvalue weighted by molar-refractivity contribution is 5.94. The third-order valence-corrected chi connectivity index (χ3v) is 2.62. The van der Waals surface area contributed by atoms with Gasteiger partial charge in [0.25, 0.3) is 0 Å². The topological polar surface area (TPSA) is 78.4 Å². The molecular formula is C13H18N2O3. The van der Waals surface area contributed by atoms with Crippen LogP contribution in [0.2, 0.25) is 0 Å². The number of amides is 2. The molecule has 0 aliphatic rings. The third kappa shape index (κ3) is 4.18. The van der Waals surface area contributed by atoms with Crippen LogP contribution in [0.15, 0.2) is 24.3 Å². The largest absolute Gasteiger partial charge is 0.392 e. The molecular weight excluding hydrogens is 232 g/mol. The molecule has 0 fully saturated rings. The Morgan fingerprint density at radius 2 is 1.89 bits per heavy atom. The monoisotopic (exact) mass is 250 g/mol. The fourth-order valence-corrected chi connectivity index (χ4v) is 1.43. The second-order valence-electron chi connectivity index (χ2n) is 4.12. The van der Waals surface area contributed by atoms with Gasteiger partial charge in [-0.05, 0) is 17.7 Å². The molecule has 1 rings (SSSR count). The van der Waals surface area contributed by atoms with E-state index in [1.54, 1.807) is 38.2 Å². The standard InChI is InChI=1S/C13H18N2O3/c1-9(7-12(17)14-2)13(18)15-11-5-3-10(8-16)4-6-11/h3-6,9,16H,7-8H2,1-2H3,(H,14,17)(H,15,18)/t9-/m0/s1. The summed E-state index contributed by atoms with van der Waals surface area (Å²) in [5.41, 5.74) is 1.44. The number of carbonyl (C=O) groups excluding carboxylic acids is 2. The maximum atomic E-state index is 11.8. The number of anilines is 1. The molecule has 0 saturated carbocycles. The van der Waals surface area contributed by atoms with Crippen LogP contribution in [0.1, 0.15) is 18.9 Å². The zero-order valence-corrected chi connectivity index (χ0v) is 10.6. The maximum Gasteiger partial charge on any atom is 0.227 e. The van der Waals surface area contributed by atoms with Crippen molar-refractivity contribution in [3.05, 3.63) is 29.8 Å². The molecule has 1 aromatic rings. The molecule has 0 saturated heterocycles. The van der Waals surface area contributed by atoms with E-state index in [2.05, 4.69) is 10.6 Å². The van der Waals surface area contributed by atoms with E-state index in [1.165, 1.54) is 0 Å². The summed E-state index contributed by atoms with van der Waals surface area (Å²) >= 11 is 0. The lowest BCUT2D eigenvalue weighted by molar-refractivity contribution is -0.126. The fraction of sp³-hybridized carbons (Fsp3) is 0.385. The van der Waals surface area contributed by atoms with Crippen molar-refractivity contribution < 1.29 is 14.7 Å². The lowest BCUT2D eigenvalue weighted by Gasteiger charge is -2.11. The van der Waals surface area contributed by atoms with Crippen molar-refractivity contribution >= 4 is 17.5 Å². The summed E-state index contributed by atoms with van der Waals surface area (Å²) < 4.78 is 0. The molecule has 0 bridgehead atoms. The first-order valence-electron chi connectivity index (χ1n) is 5.78. The molecule has 0 unspecified atom stereocenters. The predicted molar refractivity (Wildman–Crippen MR) is 68.8 cm³/mol. The zero-order valence-electron chi connectivity index (χ0n) is 10.6. The molecule has 0 aliphatic carbocycles. The van der Waals surface area contributed by atoms with Crippen LogP contribution in [0.5, 0.6) is 0 Å². The second-order valence-corrected chi connectivity index (χ2v) is 4.12. The van der Waals surface area contributed by atoms with Crippen molar-refractivity contribution in [2.45, 2.75) is 20.0 Å². The van der Waals surface area contributed by atoms with Crippen molar-refractivity contribution in [3.63, 3.8) is 0 Å². The number of carbonyl (C=O) groups is 2. The van der Waals surface area contributed by atoms with Crippen molar-refractivity contribution in [2.75, 3.05) is 12.4 Å². The first kappa shape index (κ1) is 14.2. The van der Waals surface area contributed by atoms with E-state index >= 15 is 0 Å². The Kier molecular flexibility index (Phi) is 5.32. The quantitative estimate of drug-likeness (QED) is 0.726. The molecule has 0 aliphatic heterocycles. The Hall–Kier alpha value is -1.88. The van der Waals surface area contributed by atoms with Gasteiger partial charge in [-0.3, -0.25) is 9.59 Å². The fourth-order valence-electron chi connectivity index (χ4n) is 1.43. The molecule has 0 radical (unpaired) electrons. The number of hydrogen-bond donors (Lipinski definition) is 3. The van der Waals surface area contributed by atoms with Crippen LogP contribution in [-0.4, -0.2) is 24.0 Å². The molecule has 18 heavy (non-hydrogen) atoms. The van der Waals surface area contributed by atoms with Gasteiger partial charge in [0.15, 0.2) is 0 Å². The summed E-state index contributed by atoms with van der Waals surface area (Å²) in [4.78, 5) is 22.9. The van der Waals surface area contributed by atoms with Gasteiger partial charge in [-0.1, -0.05) is 19.1 Å². The Bertz CT molecular complexity index is 415. The van der Waals surface area contributed by atoms with Gasteiger partial charge in [-0.2, -0.15) is 0 Å². The zero-order chi connectivity index (χ0) is 13.5. The highest BCUT2D eigenvalue weighted by atomic mass is 16.3. The molecule has 5 nitrogen and oxygen atoms in total. The van der Waals surface area contributed by atoms with Gasteiger partial charge in [-0.15, -0.1) is 0 Å². The summed E-state index contributed by atoms with van der Waals surface area (Å²) in [5, 5.41) is 14.1. The number of nitrogens with one attached hydrogen (secondary N) is 2. The first-order valence-corrected chi connectivity index (χ1v) is 5.78. The van der Waals surface area contributed by atoms with Crippen molar-refractivity contribution in [1.82, 2.24) is 5.32 Å². The summed E-state index contributed by atoms with van der Waals surface area (Å²) in [6.07, 6.45) is 0.164. The third-order valence-electron chi connectivity index (χ3n) is 2.62. The first-order chi connectivity index (χ1) is 8.56. The van der Waals surface area contributed by atoms with E-state index in [0.29, 0.717) is 5.69 Å². The highest BCUT2D eigenvalue weighted by Gasteiger charge is 2.16. The van der Waals surface area contributed by atoms with Gasteiger partial charge < -0.3 is 15.7 Å². The van der Waals surface area contributed by atoms with E-state index in [0.717, 1.165) is 5.56 Å². The smallest absolute Gasteiger partial charge is 0.227 e. The Morgan fingerprint density at radius 3 is 2.39 bits per heavy atom. The van der Waals surface area contributed by atoms with Crippen LogP contribution in [0.25, 0.3) is 0 Å². The van der Waals surface area contributed by atoms with E-state index in [4.69, 9.17) is 5.11 Å². The van der Waals surface area contributed by atoms with E-state index in [9.17, 15) is 9.59 Å². The van der Waals surface area contributed by atoms with Crippen molar-refractivity contribution in [3.8, 4) is 0 Å². The molecule has 1 atom stereocenters. The van der Waals surface area contributed by atoms with Gasteiger partial charge in [-0.25, -0.2) is 0 Å². The summed E-state index contributed by atoms with van der Waals surface area (Å²) in [5.74, 6) is -0.744. The Morgan fingerprint density at radius 1 is 1.28 bits per heavy atom. The van der Waals surface area contributed by atoms with Crippen LogP contribution in [0.4, 0.5) is 5.69 Å². The SMILES string of the molecule is CNC(=O)C[C@H](C)C(=O)Nc1ccc(CO)cc1. The summed E-state index contributed by atoms with van der Waals surface area (Å²) in [6, 6.07) is 6.91. The van der Waals surface area contributed by atoms with Crippen LogP contribution in [0.3, 0.4) is 0 Å². The van der Waals surface area contributed by atoms with Gasteiger partial charge in [0.2, 0.25) is 11.8 Å². The van der Waals surface area contributed by atoms with Crippen LogP contribution in [0, 0.1) is 5.92 Å². The molecule has 1 aromatic carbocycles. The normalized spacial score (nSPS) is 11.7. The van der Waals surface area contributed by atoms with Gasteiger partial charge in [0.1, 0.15) is 0 Å². The average molecular weight is 250 g/mol. The summed E-state index contributed by atoms with van der Waals surface area (Å²) in [6.45, 7) is 1.67. The second kappa shape index (κ2) is 6.76. The average Bonchev–Trinajstić information content (AvgIpc) is 2.39. The maximum absolute atomic E-state index is 11.8. The van der Waals surface area contributed by atoms with Crippen LogP contribution >= 0.6 is 0 Å². The number of benzene rings is 1. The lowest BCUT2D eigenvalue weighted by Crippen LogP contribution is -2.27. The van der Waals surface area contributed by atoms with Crippen LogP contribution in [-0.2, 0) is 16.2 Å². The lowest BCUT2D eigenvalue weighted by atomic mass is 10.1. The molecule has 0 heterocycles. The van der Waals surface area contributed by atoms with E-state index in [-0.39, 0.29) is 30.8 Å². The summed E-state index contributed by atoms with van der Waals surface area (Å²) in [7, 11) is 1.54. The predicted octanol–water partition coefficient (Wildman–Crippen LogP) is 0.890. The minimum absolute atomic E-state index is 0.0265. The Labute approximate surface area is 106 Å². The van der Waals surface area contributed by atoms with Gasteiger partial charge in [0, 0.05) is 25.1 Å². The minimum atomic E-state index is -0.387.